The molecule has 6 nitrogen and oxygen atoms in total. The zero-order chi connectivity index (χ0) is 17.1. The topological polar surface area (TPSA) is 73.3 Å². The molecule has 1 rings (SSSR count). The number of rotatable bonds is 6. The number of H-pyrrole nitrogens is 1. The largest absolute Gasteiger partial charge is 0.415 e. The van der Waals surface area contributed by atoms with E-state index in [1.165, 1.54) is 4.57 Å². The van der Waals surface area contributed by atoms with Crippen molar-refractivity contribution in [2.75, 3.05) is 6.61 Å². The maximum atomic E-state index is 11.9. The van der Waals surface area contributed by atoms with Crippen molar-refractivity contribution in [3.8, 4) is 0 Å². The Kier molecular flexibility index (Phi) is 7.03. The van der Waals surface area contributed by atoms with Gasteiger partial charge in [-0.05, 0) is 48.0 Å². The van der Waals surface area contributed by atoms with E-state index in [4.69, 9.17) is 9.16 Å². The predicted molar refractivity (Wildman–Crippen MR) is 97.9 cm³/mol. The smallest absolute Gasteiger partial charge is 0.331 e. The van der Waals surface area contributed by atoms with Crippen molar-refractivity contribution in [1.29, 1.82) is 0 Å². The van der Waals surface area contributed by atoms with Gasteiger partial charge >= 0.3 is 5.69 Å². The minimum Gasteiger partial charge on any atom is -0.415 e. The summed E-state index contributed by atoms with van der Waals surface area (Å²) in [6.07, 6.45) is -0.0172. The van der Waals surface area contributed by atoms with Crippen molar-refractivity contribution in [2.45, 2.75) is 53.6 Å². The molecule has 0 fully saturated rings. The van der Waals surface area contributed by atoms with Gasteiger partial charge in [-0.3, -0.25) is 14.3 Å². The fourth-order valence-electron chi connectivity index (χ4n) is 1.83. The fourth-order valence-corrected chi connectivity index (χ4v) is 3.58. The number of ether oxygens (including phenoxy) is 1. The van der Waals surface area contributed by atoms with E-state index in [9.17, 15) is 9.59 Å². The van der Waals surface area contributed by atoms with Crippen LogP contribution in [-0.2, 0) is 15.9 Å². The molecule has 126 valence electrons. The van der Waals surface area contributed by atoms with E-state index < -0.39 is 14.7 Å². The molecule has 0 aromatic carbocycles. The van der Waals surface area contributed by atoms with E-state index in [1.807, 2.05) is 22.6 Å². The Hall–Kier alpha value is -0.453. The first kappa shape index (κ1) is 19.6. The second-order valence-electron chi connectivity index (χ2n) is 6.64. The molecule has 0 radical (unpaired) electrons. The molecule has 0 aliphatic heterocycles. The summed E-state index contributed by atoms with van der Waals surface area (Å²) in [4.78, 5) is 25.7. The second kappa shape index (κ2) is 7.89. The highest BCUT2D eigenvalue weighted by molar-refractivity contribution is 14.1. The van der Waals surface area contributed by atoms with Gasteiger partial charge in [0.15, 0.2) is 9.04 Å². The second-order valence-corrected chi connectivity index (χ2v) is 10.0. The van der Waals surface area contributed by atoms with Gasteiger partial charge in [0.2, 0.25) is 0 Å². The van der Waals surface area contributed by atoms with Gasteiger partial charge in [-0.25, -0.2) is 4.79 Å². The lowest BCUT2D eigenvalue weighted by Gasteiger charge is -2.32. The van der Waals surface area contributed by atoms with Gasteiger partial charge in [-0.2, -0.15) is 0 Å². The number of hydrogen-bond donors (Lipinski definition) is 1. The molecule has 1 N–H and O–H groups in total. The zero-order valence-corrected chi connectivity index (χ0v) is 17.3. The third kappa shape index (κ3) is 5.32. The maximum absolute atomic E-state index is 11.9. The summed E-state index contributed by atoms with van der Waals surface area (Å²) in [5.74, 6) is 0. The van der Waals surface area contributed by atoms with E-state index in [0.717, 1.165) is 0 Å². The lowest BCUT2D eigenvalue weighted by Crippen LogP contribution is -2.39. The number of hydrogen-bond acceptors (Lipinski definition) is 4. The minimum absolute atomic E-state index is 0.0172. The Balaban J connectivity index is 2.80. The van der Waals surface area contributed by atoms with Crippen molar-refractivity contribution in [3.63, 3.8) is 0 Å². The Morgan fingerprint density at radius 3 is 2.41 bits per heavy atom. The number of halogens is 1. The Morgan fingerprint density at radius 2 is 1.91 bits per heavy atom. The van der Waals surface area contributed by atoms with Crippen LogP contribution in [0.5, 0.6) is 0 Å². The van der Waals surface area contributed by atoms with Gasteiger partial charge in [0, 0.05) is 5.56 Å². The third-order valence-corrected chi connectivity index (χ3v) is 5.51. The molecule has 1 aromatic heterocycles. The van der Waals surface area contributed by atoms with Crippen LogP contribution in [0.3, 0.4) is 0 Å². The molecule has 0 spiro atoms. The predicted octanol–water partition coefficient (Wildman–Crippen LogP) is 1.84. The average molecular weight is 440 g/mol. The van der Waals surface area contributed by atoms with E-state index in [-0.39, 0.29) is 23.8 Å². The molecule has 1 unspecified atom stereocenters. The molecule has 0 aliphatic rings. The van der Waals surface area contributed by atoms with Crippen LogP contribution >= 0.6 is 22.6 Å². The number of nitrogens with zero attached hydrogens (tertiary/aromatic N) is 1. The summed E-state index contributed by atoms with van der Waals surface area (Å²) < 4.78 is 13.7. The molecular formula is C14H25IN2O4Si. The monoisotopic (exact) mass is 440 g/mol. The quantitative estimate of drug-likeness (QED) is 0.416. The van der Waals surface area contributed by atoms with E-state index in [0.29, 0.717) is 15.9 Å². The van der Waals surface area contributed by atoms with Crippen molar-refractivity contribution in [3.05, 3.63) is 30.1 Å². The van der Waals surface area contributed by atoms with Crippen molar-refractivity contribution in [2.24, 2.45) is 5.41 Å². The molecule has 8 heteroatoms. The van der Waals surface area contributed by atoms with Crippen molar-refractivity contribution >= 4 is 31.6 Å². The third-order valence-electron chi connectivity index (χ3n) is 3.24. The Morgan fingerprint density at radius 1 is 1.32 bits per heavy atom. The Labute approximate surface area is 146 Å². The molecule has 1 heterocycles. The van der Waals surface area contributed by atoms with Crippen LogP contribution in [0.2, 0.25) is 13.1 Å². The van der Waals surface area contributed by atoms with Crippen LogP contribution in [0, 0.1) is 16.0 Å². The summed E-state index contributed by atoms with van der Waals surface area (Å²) in [5.41, 5.74) is -0.322. The number of aromatic amines is 1. The molecule has 0 bridgehead atoms. The van der Waals surface area contributed by atoms with E-state index >= 15 is 0 Å². The first-order chi connectivity index (χ1) is 10.0. The molecule has 0 saturated carbocycles. The van der Waals surface area contributed by atoms with Gasteiger partial charge in [0.25, 0.3) is 5.56 Å². The Bertz CT molecular complexity index is 619. The average Bonchev–Trinajstić information content (AvgIpc) is 2.37. The van der Waals surface area contributed by atoms with Crippen LogP contribution in [0.25, 0.3) is 0 Å². The lowest BCUT2D eigenvalue weighted by molar-refractivity contribution is -0.0299. The number of nitrogens with one attached hydrogen (secondary N) is 1. The fraction of sp³-hybridized carbons (Fsp3) is 0.714. The molecule has 0 amide bonds. The van der Waals surface area contributed by atoms with Gasteiger partial charge in [-0.1, -0.05) is 20.8 Å². The summed E-state index contributed by atoms with van der Waals surface area (Å²) in [7, 11) is -1.18. The van der Waals surface area contributed by atoms with Gasteiger partial charge < -0.3 is 9.16 Å². The highest BCUT2D eigenvalue weighted by atomic mass is 127. The minimum atomic E-state index is -1.18. The highest BCUT2D eigenvalue weighted by Gasteiger charge is 2.26. The maximum Gasteiger partial charge on any atom is 0.331 e. The van der Waals surface area contributed by atoms with Crippen molar-refractivity contribution in [1.82, 2.24) is 9.55 Å². The van der Waals surface area contributed by atoms with Gasteiger partial charge in [0.05, 0.1) is 16.4 Å². The summed E-state index contributed by atoms with van der Waals surface area (Å²) in [6, 6.07) is 0. The molecule has 1 atom stereocenters. The van der Waals surface area contributed by atoms with Crippen molar-refractivity contribution < 1.29 is 9.16 Å². The standard InChI is InChI=1S/C14H25IN2O4Si/c1-9-11(15)17(13(19)16-12(9)18)8-20-7-10(14(2,3)4)21-22(5)6/h10,22H,7-8H2,1-6H3,(H,16,18,19). The molecule has 0 aliphatic carbocycles. The van der Waals surface area contributed by atoms with E-state index in [2.05, 4.69) is 38.8 Å². The summed E-state index contributed by atoms with van der Waals surface area (Å²) in [5, 5.41) is 0. The SMILES string of the molecule is Cc1c(I)n(COCC(O[SiH](C)C)C(C)(C)C)c(=O)[nH]c1=O. The van der Waals surface area contributed by atoms with Crippen LogP contribution < -0.4 is 11.2 Å². The normalized spacial score (nSPS) is 13.6. The molecular weight excluding hydrogens is 415 g/mol. The lowest BCUT2D eigenvalue weighted by atomic mass is 9.90. The van der Waals surface area contributed by atoms with Crippen LogP contribution in [0.1, 0.15) is 26.3 Å². The summed E-state index contributed by atoms with van der Waals surface area (Å²) >= 11 is 1.99. The van der Waals surface area contributed by atoms with Crippen LogP contribution in [0.4, 0.5) is 0 Å². The molecule has 0 saturated heterocycles. The van der Waals surface area contributed by atoms with Gasteiger partial charge in [0.1, 0.15) is 6.73 Å². The highest BCUT2D eigenvalue weighted by Crippen LogP contribution is 2.23. The molecule has 1 aromatic rings. The van der Waals surface area contributed by atoms with E-state index in [1.54, 1.807) is 6.92 Å². The van der Waals surface area contributed by atoms with Gasteiger partial charge in [-0.15, -0.1) is 0 Å². The first-order valence-electron chi connectivity index (χ1n) is 7.26. The first-order valence-corrected chi connectivity index (χ1v) is 11.1. The summed E-state index contributed by atoms with van der Waals surface area (Å²) in [6.45, 7) is 12.8. The number of aromatic nitrogens is 2. The molecule has 22 heavy (non-hydrogen) atoms. The zero-order valence-electron chi connectivity index (χ0n) is 14.0. The van der Waals surface area contributed by atoms with Crippen LogP contribution in [0.15, 0.2) is 9.59 Å². The van der Waals surface area contributed by atoms with Crippen LogP contribution in [-0.4, -0.2) is 31.3 Å².